The summed E-state index contributed by atoms with van der Waals surface area (Å²) >= 11 is 0. The number of ether oxygens (including phenoxy) is 4. The zero-order valence-electron chi connectivity index (χ0n) is 76.8. The maximum atomic E-state index is 12.8. The molecule has 0 radical (unpaired) electrons. The second kappa shape index (κ2) is 50.8. The summed E-state index contributed by atoms with van der Waals surface area (Å²) in [7, 11) is -17.2. The monoisotopic (exact) mass is 1830 g/mol. The minimum atomic E-state index is -2.82. The molecular formula is C102H122N4O13Si8. The maximum absolute atomic E-state index is 12.8. The van der Waals surface area contributed by atoms with E-state index in [4.69, 9.17) is 46.1 Å². The molecule has 17 nitrogen and oxygen atoms in total. The molecule has 0 heterocycles. The lowest BCUT2D eigenvalue weighted by Gasteiger charge is -2.39. The summed E-state index contributed by atoms with van der Waals surface area (Å²) < 4.78 is 54.4. The first-order valence-electron chi connectivity index (χ1n) is 42.3. The predicted molar refractivity (Wildman–Crippen MR) is 534 cm³/mol. The average molecular weight is 1840 g/mol. The van der Waals surface area contributed by atoms with Gasteiger partial charge in [0.05, 0.1) is 19.8 Å². The van der Waals surface area contributed by atoms with Crippen LogP contribution in [0.25, 0.3) is 27.1 Å². The molecule has 0 unspecified atom stereocenters. The van der Waals surface area contributed by atoms with Crippen molar-refractivity contribution in [2.75, 3.05) is 26.4 Å². The summed E-state index contributed by atoms with van der Waals surface area (Å²) in [6.45, 7) is 50.2. The smallest absolute Gasteiger partial charge is 0.349 e. The van der Waals surface area contributed by atoms with Crippen molar-refractivity contribution in [1.29, 1.82) is 15.8 Å². The van der Waals surface area contributed by atoms with Crippen LogP contribution >= 0.6 is 0 Å². The average Bonchev–Trinajstić information content (AvgIpc) is 0.811. The number of nitriles is 3. The number of esters is 4. The molecule has 0 N–H and O–H groups in total. The summed E-state index contributed by atoms with van der Waals surface area (Å²) in [6, 6.07) is 86.2. The van der Waals surface area contributed by atoms with E-state index in [1.165, 1.54) is 24.3 Å². The molecule has 0 aliphatic heterocycles. The lowest BCUT2D eigenvalue weighted by molar-refractivity contribution is -0.139. The Morgan fingerprint density at radius 2 is 0.591 bits per heavy atom. The van der Waals surface area contributed by atoms with Crippen LogP contribution in [0.1, 0.15) is 57.3 Å². The Bertz CT molecular complexity index is 5070. The van der Waals surface area contributed by atoms with Crippen molar-refractivity contribution < 1.29 is 58.7 Å². The quantitative estimate of drug-likeness (QED) is 0.00508. The Balaban J connectivity index is 0.000000305. The number of rotatable bonds is 40. The number of carbonyl (C=O) groups is 4. The third-order valence-electron chi connectivity index (χ3n) is 18.3. The predicted octanol–water partition coefficient (Wildman–Crippen LogP) is 24.8. The Morgan fingerprint density at radius 3 is 0.850 bits per heavy atom. The minimum Gasteiger partial charge on any atom is -0.471 e. The van der Waals surface area contributed by atoms with E-state index in [9.17, 15) is 35.0 Å². The number of nitrogens with zero attached hydrogens (tertiary/aromatic N) is 4. The van der Waals surface area contributed by atoms with Gasteiger partial charge >= 0.3 is 41.0 Å². The van der Waals surface area contributed by atoms with Crippen molar-refractivity contribution in [2.24, 2.45) is 0 Å². The van der Waals surface area contributed by atoms with Crippen LogP contribution in [0, 0.1) is 40.6 Å². The molecule has 25 heteroatoms. The van der Waals surface area contributed by atoms with E-state index in [-0.39, 0.29) is 48.8 Å². The SMILES string of the molecule is C=C(COC(=O)/C(C#N)=C\C=C(c1ccccc1)c1ccccc1)[Si](C)(O[Si](C)(C)C)O[Si](C)(C)C.C[Si](C)(C)O[Si](C)(/C=C/COC(=O)/C(C#N)=C\C=C(c1ccccc1)c1ccccc1)O[Si](C)(C)C.[C-]#[N+]/C(=C\C=C(c1ccccc1)c1ccccc1)C(=O)OCCC[Si](C)(C)O[Si](C)(C)CCCOC(=O)/C(C#N)=C\C=C(c1ccccc1)c1ccccc1. The second-order valence-electron chi connectivity index (χ2n) is 35.1. The molecule has 0 fully saturated rings. The lowest BCUT2D eigenvalue weighted by atomic mass is 9.97. The fraction of sp³-hybridized carbons (Fsp3) is 0.255. The van der Waals surface area contributed by atoms with Crippen LogP contribution in [0.4, 0.5) is 0 Å². The molecule has 8 aromatic rings. The van der Waals surface area contributed by atoms with Crippen LogP contribution in [0.5, 0.6) is 0 Å². The summed E-state index contributed by atoms with van der Waals surface area (Å²) in [5.41, 5.74) is 13.1. The first-order valence-corrected chi connectivity index (χ1v) is 66.9. The van der Waals surface area contributed by atoms with Crippen LogP contribution in [0.15, 0.2) is 337 Å². The fourth-order valence-corrected chi connectivity index (χ4v) is 44.9. The van der Waals surface area contributed by atoms with Crippen LogP contribution < -0.4 is 0 Å². The first-order chi connectivity index (χ1) is 60.1. The third-order valence-corrected chi connectivity index (χ3v) is 44.3. The lowest BCUT2D eigenvalue weighted by Crippen LogP contribution is -2.54. The maximum Gasteiger partial charge on any atom is 0.349 e. The molecule has 127 heavy (non-hydrogen) atoms. The van der Waals surface area contributed by atoms with Crippen LogP contribution in [0.3, 0.4) is 0 Å². The van der Waals surface area contributed by atoms with Crippen molar-refractivity contribution in [3.63, 3.8) is 0 Å². The highest BCUT2D eigenvalue weighted by atomic mass is 28.5. The molecule has 0 aliphatic rings. The van der Waals surface area contributed by atoms with E-state index >= 15 is 0 Å². The normalized spacial score (nSPS) is 12.2. The number of hydrogen-bond donors (Lipinski definition) is 0. The van der Waals surface area contributed by atoms with E-state index in [0.717, 1.165) is 78.9 Å². The van der Waals surface area contributed by atoms with Crippen molar-refractivity contribution >= 4 is 113 Å². The molecular weight excluding hydrogens is 1710 g/mol. The largest absolute Gasteiger partial charge is 0.471 e. The van der Waals surface area contributed by atoms with Crippen molar-refractivity contribution in [3.05, 3.63) is 393 Å². The Hall–Kier alpha value is -11.5. The highest BCUT2D eigenvalue weighted by molar-refractivity contribution is 6.91. The van der Waals surface area contributed by atoms with E-state index in [1.54, 1.807) is 30.4 Å². The molecule has 8 rings (SSSR count). The molecule has 660 valence electrons. The summed E-state index contributed by atoms with van der Waals surface area (Å²) in [4.78, 5) is 54.6. The zero-order chi connectivity index (χ0) is 93.3. The molecule has 0 aliphatic carbocycles. The Morgan fingerprint density at radius 1 is 0.339 bits per heavy atom. The molecule has 0 atom stereocenters. The number of allylic oxidation sites excluding steroid dienone is 8. The van der Waals surface area contributed by atoms with Crippen LogP contribution in [-0.4, -0.2) is 117 Å². The van der Waals surface area contributed by atoms with Gasteiger partial charge in [0.15, 0.2) is 49.9 Å². The van der Waals surface area contributed by atoms with E-state index in [0.29, 0.717) is 18.0 Å². The molecule has 0 spiro atoms. The Labute approximate surface area is 762 Å². The van der Waals surface area contributed by atoms with Gasteiger partial charge in [-0.05, 0) is 240 Å². The van der Waals surface area contributed by atoms with Crippen molar-refractivity contribution in [3.8, 4) is 18.2 Å². The van der Waals surface area contributed by atoms with Gasteiger partial charge in [0, 0.05) is 5.20 Å². The van der Waals surface area contributed by atoms with Crippen molar-refractivity contribution in [1.82, 2.24) is 0 Å². The van der Waals surface area contributed by atoms with Gasteiger partial charge in [0.1, 0.15) is 48.1 Å². The van der Waals surface area contributed by atoms with Gasteiger partial charge in [-0.2, -0.15) is 15.8 Å². The molecule has 8 aromatic carbocycles. The van der Waals surface area contributed by atoms with Gasteiger partial charge < -0.3 is 39.5 Å². The van der Waals surface area contributed by atoms with Crippen LogP contribution in [0.2, 0.25) is 130 Å². The van der Waals surface area contributed by atoms with E-state index in [1.807, 2.05) is 280 Å². The third kappa shape index (κ3) is 38.7. The molecule has 0 amide bonds. The van der Waals surface area contributed by atoms with Gasteiger partial charge in [0.25, 0.3) is 5.70 Å². The van der Waals surface area contributed by atoms with E-state index < -0.39 is 90.9 Å². The standard InChI is InChI=1S/C46H48N2O5Si2.2C28H37NO4Si3/c1-48-44(31-30-43(39-24-14-8-15-25-39)40-26-16-9-17-27-40)46(50)52-33-19-35-55(4,5)53-54(2,3)34-18-32-51-45(49)41(36-47)28-29-42(37-20-10-6-11-21-37)38-22-12-7-13-23-38;1-23(36(8,32-34(2,3)4)33-35(5,6)7)22-31-28(30)26(21-29)19-20-27(24-15-11-9-12-16-24)25-17-13-10-14-18-25;1-34(2,3)32-36(7,33-35(4,5)6)22-14-21-31-28(30)26(23-29)19-20-27(24-15-10-8-11-16-24)25-17-12-9-13-18-25/h6-17,20-31H,18-19,32-35H2,2-5H3;9-20H,1,22H2,2-8H3;8-20,22H,21H2,1-7H3/b41-28-,44-31-;26-19-;22-14+,26-19-. The van der Waals surface area contributed by atoms with Gasteiger partial charge in [-0.25, -0.2) is 19.2 Å². The molecule has 0 saturated carbocycles. The first kappa shape index (κ1) is 104. The summed E-state index contributed by atoms with van der Waals surface area (Å²) in [5, 5.41) is 29.7. The van der Waals surface area contributed by atoms with Gasteiger partial charge in [0.2, 0.25) is 0 Å². The van der Waals surface area contributed by atoms with Gasteiger partial charge in [-0.15, -0.1) is 0 Å². The van der Waals surface area contributed by atoms with Gasteiger partial charge in [-0.3, -0.25) is 4.79 Å². The van der Waals surface area contributed by atoms with Gasteiger partial charge in [-0.1, -0.05) is 280 Å². The van der Waals surface area contributed by atoms with E-state index in [2.05, 4.69) is 116 Å². The molecule has 0 saturated heterocycles. The number of hydrogen-bond acceptors (Lipinski definition) is 16. The topological polar surface area (TPSA) is 227 Å². The minimum absolute atomic E-state index is 0.0402. The highest BCUT2D eigenvalue weighted by Gasteiger charge is 2.44. The zero-order valence-corrected chi connectivity index (χ0v) is 84.8. The number of carbonyl (C=O) groups excluding carboxylic acids is 4. The molecule has 0 aromatic heterocycles. The fourth-order valence-electron chi connectivity index (χ4n) is 13.4. The van der Waals surface area contributed by atoms with Crippen molar-refractivity contribution in [2.45, 2.75) is 143 Å². The Kier molecular flexibility index (Phi) is 41.7. The molecule has 0 bridgehead atoms. The summed E-state index contributed by atoms with van der Waals surface area (Å²) in [5.74, 6) is -2.66. The highest BCUT2D eigenvalue weighted by Crippen LogP contribution is 2.32. The summed E-state index contributed by atoms with van der Waals surface area (Å²) in [6.07, 6.45) is 16.2. The van der Waals surface area contributed by atoms with Crippen LogP contribution in [-0.2, 0) is 58.7 Å². The number of benzene rings is 8. The second-order valence-corrected chi connectivity index (χ2v) is 69.1.